The molecule has 2 heterocycles. The maximum atomic E-state index is 11.9. The Morgan fingerprint density at radius 3 is 2.63 bits per heavy atom. The Balaban J connectivity index is 2.12. The molecule has 1 aromatic rings. The first kappa shape index (κ1) is 13.3. The number of hydrogen-bond donors (Lipinski definition) is 0. The lowest BCUT2D eigenvalue weighted by atomic mass is 10.2. The van der Waals surface area contributed by atoms with Crippen LogP contribution in [0, 0.1) is 0 Å². The number of Topliss-reactive ketones (excluding diaryl/α,β-unsaturated/α-hetero) is 1. The molecule has 0 unspecified atom stereocenters. The number of carbonyl (C=O) groups excluding carboxylic acids is 3. The maximum absolute atomic E-state index is 11.9. The van der Waals surface area contributed by atoms with Gasteiger partial charge in [-0.3, -0.25) is 4.79 Å². The Labute approximate surface area is 110 Å². The summed E-state index contributed by atoms with van der Waals surface area (Å²) >= 11 is 0. The van der Waals surface area contributed by atoms with Crippen LogP contribution in [0.1, 0.15) is 41.1 Å². The number of cyclic esters (lactones) is 1. The van der Waals surface area contributed by atoms with Crippen molar-refractivity contribution in [2.24, 2.45) is 7.05 Å². The number of esters is 2. The van der Waals surface area contributed by atoms with E-state index in [9.17, 15) is 14.4 Å². The fraction of sp³-hybridized carbons (Fsp3) is 0.462. The van der Waals surface area contributed by atoms with Crippen LogP contribution >= 0.6 is 0 Å². The quantitative estimate of drug-likeness (QED) is 0.604. The van der Waals surface area contributed by atoms with Gasteiger partial charge in [-0.05, 0) is 19.9 Å². The van der Waals surface area contributed by atoms with Gasteiger partial charge in [0.1, 0.15) is 11.8 Å². The van der Waals surface area contributed by atoms with Crippen molar-refractivity contribution in [1.82, 2.24) is 4.57 Å². The van der Waals surface area contributed by atoms with Crippen molar-refractivity contribution in [3.05, 3.63) is 23.5 Å². The fourth-order valence-corrected chi connectivity index (χ4v) is 1.97. The number of carbonyl (C=O) groups is 3. The van der Waals surface area contributed by atoms with Crippen molar-refractivity contribution in [3.63, 3.8) is 0 Å². The van der Waals surface area contributed by atoms with Crippen LogP contribution in [0.3, 0.4) is 0 Å². The molecule has 2 rings (SSSR count). The number of ether oxygens (including phenoxy) is 2. The third-order valence-corrected chi connectivity index (χ3v) is 3.00. The molecule has 0 aliphatic carbocycles. The molecule has 1 fully saturated rings. The average Bonchev–Trinajstić information content (AvgIpc) is 2.83. The summed E-state index contributed by atoms with van der Waals surface area (Å²) in [6, 6.07) is 1.45. The Morgan fingerprint density at radius 1 is 1.47 bits per heavy atom. The number of hydrogen-bond acceptors (Lipinski definition) is 5. The third kappa shape index (κ3) is 2.67. The predicted molar refractivity (Wildman–Crippen MR) is 64.8 cm³/mol. The molecule has 6 nitrogen and oxygen atoms in total. The van der Waals surface area contributed by atoms with Gasteiger partial charge in [0, 0.05) is 25.2 Å². The zero-order valence-electron chi connectivity index (χ0n) is 11.0. The van der Waals surface area contributed by atoms with Gasteiger partial charge in [0.2, 0.25) is 6.10 Å². The summed E-state index contributed by atoms with van der Waals surface area (Å²) in [6.07, 6.45) is 0.799. The van der Waals surface area contributed by atoms with Crippen LogP contribution < -0.4 is 0 Å². The highest BCUT2D eigenvalue weighted by molar-refractivity contribution is 5.98. The van der Waals surface area contributed by atoms with Gasteiger partial charge in [0.25, 0.3) is 0 Å². The highest BCUT2D eigenvalue weighted by Gasteiger charge is 2.35. The van der Waals surface area contributed by atoms with Crippen molar-refractivity contribution >= 4 is 17.7 Å². The van der Waals surface area contributed by atoms with Gasteiger partial charge < -0.3 is 14.0 Å². The first-order chi connectivity index (χ1) is 8.88. The minimum Gasteiger partial charge on any atom is -0.460 e. The average molecular weight is 265 g/mol. The van der Waals surface area contributed by atoms with Gasteiger partial charge >= 0.3 is 11.9 Å². The Hall–Kier alpha value is -2.11. The molecule has 1 aliphatic heterocycles. The van der Waals surface area contributed by atoms with Crippen molar-refractivity contribution in [2.75, 3.05) is 0 Å². The molecule has 0 saturated carbocycles. The van der Waals surface area contributed by atoms with E-state index in [0.29, 0.717) is 12.0 Å². The van der Waals surface area contributed by atoms with E-state index in [1.807, 2.05) is 0 Å². The standard InChI is InChI=1S/C13H15NO5/c1-7-4-11(13(17)18-7)19-12(16)10-5-9(8(2)15)6-14(10)3/h5-7,11H,4H2,1-3H3/t7-,11+/m1/s1. The number of nitrogens with zero attached hydrogens (tertiary/aromatic N) is 1. The zero-order valence-corrected chi connectivity index (χ0v) is 11.0. The highest BCUT2D eigenvalue weighted by atomic mass is 16.6. The summed E-state index contributed by atoms with van der Waals surface area (Å²) in [5, 5.41) is 0. The molecule has 0 spiro atoms. The highest BCUT2D eigenvalue weighted by Crippen LogP contribution is 2.19. The van der Waals surface area contributed by atoms with Crippen LogP contribution in [0.25, 0.3) is 0 Å². The van der Waals surface area contributed by atoms with Crippen LogP contribution in [0.4, 0.5) is 0 Å². The van der Waals surface area contributed by atoms with E-state index in [1.54, 1.807) is 20.2 Å². The second kappa shape index (κ2) is 4.87. The van der Waals surface area contributed by atoms with E-state index in [4.69, 9.17) is 9.47 Å². The van der Waals surface area contributed by atoms with E-state index in [0.717, 1.165) is 0 Å². The number of aryl methyl sites for hydroxylation is 1. The van der Waals surface area contributed by atoms with Crippen molar-refractivity contribution < 1.29 is 23.9 Å². The predicted octanol–water partition coefficient (Wildman–Crippen LogP) is 1.09. The smallest absolute Gasteiger partial charge is 0.355 e. The van der Waals surface area contributed by atoms with Crippen molar-refractivity contribution in [1.29, 1.82) is 0 Å². The molecule has 1 aliphatic rings. The maximum Gasteiger partial charge on any atom is 0.355 e. The van der Waals surface area contributed by atoms with Crippen molar-refractivity contribution in [2.45, 2.75) is 32.5 Å². The lowest BCUT2D eigenvalue weighted by Gasteiger charge is -2.08. The second-order valence-electron chi connectivity index (χ2n) is 4.66. The minimum absolute atomic E-state index is 0.136. The molecule has 1 aromatic heterocycles. The first-order valence-electron chi connectivity index (χ1n) is 5.97. The number of aromatic nitrogens is 1. The van der Waals surface area contributed by atoms with Gasteiger partial charge in [-0.1, -0.05) is 0 Å². The second-order valence-corrected chi connectivity index (χ2v) is 4.66. The monoisotopic (exact) mass is 265 g/mol. The molecule has 0 radical (unpaired) electrons. The van der Waals surface area contributed by atoms with Crippen LogP contribution in [0.15, 0.2) is 12.3 Å². The van der Waals surface area contributed by atoms with E-state index >= 15 is 0 Å². The SMILES string of the molecule is CC(=O)c1cc(C(=O)O[C@H]2C[C@@H](C)OC2=O)n(C)c1. The van der Waals surface area contributed by atoms with Gasteiger partial charge in [0.15, 0.2) is 5.78 Å². The van der Waals surface area contributed by atoms with E-state index in [2.05, 4.69) is 0 Å². The number of rotatable bonds is 3. The Kier molecular flexibility index (Phi) is 3.42. The summed E-state index contributed by atoms with van der Waals surface area (Å²) in [5.74, 6) is -1.29. The van der Waals surface area contributed by atoms with Crippen LogP contribution in [0.2, 0.25) is 0 Å². The summed E-state index contributed by atoms with van der Waals surface area (Å²) in [7, 11) is 1.64. The van der Waals surface area contributed by atoms with Crippen molar-refractivity contribution in [3.8, 4) is 0 Å². The van der Waals surface area contributed by atoms with Crippen LogP contribution in [0.5, 0.6) is 0 Å². The Morgan fingerprint density at radius 2 is 2.16 bits per heavy atom. The van der Waals surface area contributed by atoms with E-state index < -0.39 is 18.0 Å². The third-order valence-electron chi connectivity index (χ3n) is 3.00. The van der Waals surface area contributed by atoms with E-state index in [-0.39, 0.29) is 17.6 Å². The zero-order chi connectivity index (χ0) is 14.2. The molecule has 6 heteroatoms. The Bertz CT molecular complexity index is 545. The van der Waals surface area contributed by atoms with Gasteiger partial charge in [-0.15, -0.1) is 0 Å². The van der Waals surface area contributed by atoms with E-state index in [1.165, 1.54) is 17.6 Å². The summed E-state index contributed by atoms with van der Waals surface area (Å²) in [4.78, 5) is 34.6. The topological polar surface area (TPSA) is 74.6 Å². The molecule has 102 valence electrons. The summed E-state index contributed by atoms with van der Waals surface area (Å²) in [6.45, 7) is 3.16. The van der Waals surface area contributed by atoms with Crippen LogP contribution in [-0.2, 0) is 21.3 Å². The summed E-state index contributed by atoms with van der Waals surface area (Å²) < 4.78 is 11.5. The normalized spacial score (nSPS) is 22.2. The molecular weight excluding hydrogens is 250 g/mol. The molecule has 0 aromatic carbocycles. The summed E-state index contributed by atoms with van der Waals surface area (Å²) in [5.41, 5.74) is 0.661. The van der Waals surface area contributed by atoms with Gasteiger partial charge in [0.05, 0.1) is 0 Å². The largest absolute Gasteiger partial charge is 0.460 e. The van der Waals surface area contributed by atoms with Crippen LogP contribution in [-0.4, -0.2) is 34.5 Å². The molecular formula is C13H15NO5. The number of ketones is 1. The lowest BCUT2D eigenvalue weighted by Crippen LogP contribution is -2.23. The molecule has 2 atom stereocenters. The molecule has 0 amide bonds. The molecule has 0 bridgehead atoms. The lowest BCUT2D eigenvalue weighted by molar-refractivity contribution is -0.147. The molecule has 19 heavy (non-hydrogen) atoms. The molecule has 1 saturated heterocycles. The first-order valence-corrected chi connectivity index (χ1v) is 5.97. The van der Waals surface area contributed by atoms with Gasteiger partial charge in [-0.25, -0.2) is 9.59 Å². The van der Waals surface area contributed by atoms with Gasteiger partial charge in [-0.2, -0.15) is 0 Å². The fourth-order valence-electron chi connectivity index (χ4n) is 1.97. The minimum atomic E-state index is -0.863. The molecule has 0 N–H and O–H groups in total.